The molecule has 162 valence electrons. The van der Waals surface area contributed by atoms with Crippen molar-refractivity contribution >= 4 is 53.9 Å². The molecule has 0 fully saturated rings. The summed E-state index contributed by atoms with van der Waals surface area (Å²) in [5.74, 6) is 0. The Labute approximate surface area is 204 Å². The summed E-state index contributed by atoms with van der Waals surface area (Å²) in [6, 6.07) is 36.4. The Bertz CT molecular complexity index is 1720. The summed E-state index contributed by atoms with van der Waals surface area (Å²) in [7, 11) is 0. The van der Waals surface area contributed by atoms with E-state index in [-0.39, 0.29) is 10.6 Å². The number of nitro benzene ring substituents is 1. The van der Waals surface area contributed by atoms with E-state index in [1.165, 1.54) is 32.3 Å². The van der Waals surface area contributed by atoms with Gasteiger partial charge in [-0.2, -0.15) is 0 Å². The van der Waals surface area contributed by atoms with Gasteiger partial charge in [-0.05, 0) is 67.7 Å². The minimum absolute atomic E-state index is 0.0906. The predicted octanol–water partition coefficient (Wildman–Crippen LogP) is 9.15. The van der Waals surface area contributed by atoms with Gasteiger partial charge in [0.05, 0.1) is 10.5 Å². The zero-order valence-corrected chi connectivity index (χ0v) is 19.6. The van der Waals surface area contributed by atoms with Crippen LogP contribution in [0.25, 0.3) is 54.6 Å². The molecule has 0 aliphatic rings. The largest absolute Gasteiger partial charge is 0.277 e. The molecule has 34 heavy (non-hydrogen) atoms. The van der Waals surface area contributed by atoms with Crippen molar-refractivity contribution in [3.05, 3.63) is 124 Å². The monoisotopic (exact) mass is 503 g/mol. The van der Waals surface area contributed by atoms with Crippen LogP contribution < -0.4 is 0 Å². The molecule has 0 aliphatic heterocycles. The second kappa shape index (κ2) is 8.08. The quantitative estimate of drug-likeness (QED) is 0.137. The number of fused-ring (bicyclic) bond motifs is 6. The highest BCUT2D eigenvalue weighted by Gasteiger charge is 2.18. The first kappa shape index (κ1) is 20.6. The van der Waals surface area contributed by atoms with Crippen molar-refractivity contribution in [2.24, 2.45) is 0 Å². The van der Waals surface area contributed by atoms with Crippen LogP contribution in [0.15, 0.2) is 114 Å². The van der Waals surface area contributed by atoms with Crippen LogP contribution in [0.2, 0.25) is 0 Å². The van der Waals surface area contributed by atoms with E-state index in [4.69, 9.17) is 0 Å². The van der Waals surface area contributed by atoms with Crippen LogP contribution in [-0.4, -0.2) is 4.92 Å². The highest BCUT2D eigenvalue weighted by atomic mass is 79.9. The number of halogens is 1. The van der Waals surface area contributed by atoms with Crippen LogP contribution in [-0.2, 0) is 0 Å². The molecule has 0 saturated heterocycles. The molecular formula is C30H18BrNO2. The highest BCUT2D eigenvalue weighted by molar-refractivity contribution is 9.10. The van der Waals surface area contributed by atoms with Gasteiger partial charge in [-0.1, -0.05) is 94.8 Å². The van der Waals surface area contributed by atoms with Gasteiger partial charge in [0.25, 0.3) is 5.69 Å². The molecule has 6 aromatic rings. The van der Waals surface area contributed by atoms with E-state index in [0.29, 0.717) is 5.56 Å². The Hall–Kier alpha value is -4.02. The first-order valence-electron chi connectivity index (χ1n) is 11.0. The molecule has 3 nitrogen and oxygen atoms in total. The fourth-order valence-corrected chi connectivity index (χ4v) is 5.36. The lowest BCUT2D eigenvalue weighted by Gasteiger charge is -2.13. The van der Waals surface area contributed by atoms with Gasteiger partial charge in [-0.3, -0.25) is 10.1 Å². The second-order valence-corrected chi connectivity index (χ2v) is 9.17. The van der Waals surface area contributed by atoms with E-state index in [0.717, 1.165) is 21.2 Å². The SMILES string of the molecule is O=[N+]([O-])c1ccc(-c2ccc3c4ccccc4c4ccccc4c3c2)cc1-c1ccccc1Br. The first-order chi connectivity index (χ1) is 16.6. The summed E-state index contributed by atoms with van der Waals surface area (Å²) < 4.78 is 0.825. The van der Waals surface area contributed by atoms with Crippen molar-refractivity contribution in [2.75, 3.05) is 0 Å². The van der Waals surface area contributed by atoms with Crippen LogP contribution in [0.5, 0.6) is 0 Å². The van der Waals surface area contributed by atoms with Crippen LogP contribution in [0, 0.1) is 10.1 Å². The Balaban J connectivity index is 1.63. The van der Waals surface area contributed by atoms with E-state index >= 15 is 0 Å². The average molecular weight is 504 g/mol. The van der Waals surface area contributed by atoms with Gasteiger partial charge in [0.1, 0.15) is 0 Å². The molecule has 0 N–H and O–H groups in total. The zero-order chi connectivity index (χ0) is 23.2. The molecule has 0 saturated carbocycles. The van der Waals surface area contributed by atoms with Crippen molar-refractivity contribution in [3.63, 3.8) is 0 Å². The first-order valence-corrected chi connectivity index (χ1v) is 11.8. The summed E-state index contributed by atoms with van der Waals surface area (Å²) in [6.07, 6.45) is 0. The van der Waals surface area contributed by atoms with E-state index in [1.54, 1.807) is 6.07 Å². The van der Waals surface area contributed by atoms with Crippen LogP contribution in [0.4, 0.5) is 5.69 Å². The van der Waals surface area contributed by atoms with Crippen LogP contribution in [0.3, 0.4) is 0 Å². The minimum atomic E-state index is -0.321. The minimum Gasteiger partial charge on any atom is -0.258 e. The molecule has 0 spiro atoms. The van der Waals surface area contributed by atoms with Gasteiger partial charge in [0.15, 0.2) is 0 Å². The third-order valence-electron chi connectivity index (χ3n) is 6.43. The fourth-order valence-electron chi connectivity index (χ4n) is 4.86. The Morgan fingerprint density at radius 3 is 1.65 bits per heavy atom. The number of nitro groups is 1. The smallest absolute Gasteiger partial charge is 0.258 e. The number of benzene rings is 6. The summed E-state index contributed by atoms with van der Waals surface area (Å²) in [5, 5.41) is 19.0. The van der Waals surface area contributed by atoms with Gasteiger partial charge in [0, 0.05) is 16.1 Å². The molecule has 0 unspecified atom stereocenters. The van der Waals surface area contributed by atoms with Crippen molar-refractivity contribution in [3.8, 4) is 22.3 Å². The second-order valence-electron chi connectivity index (χ2n) is 8.32. The number of hydrogen-bond acceptors (Lipinski definition) is 2. The van der Waals surface area contributed by atoms with Crippen molar-refractivity contribution in [1.29, 1.82) is 0 Å². The van der Waals surface area contributed by atoms with Gasteiger partial charge >= 0.3 is 0 Å². The topological polar surface area (TPSA) is 43.1 Å². The standard InChI is InChI=1S/C30H18BrNO2/c31-29-12-6-5-11-26(29)28-18-20(14-16-30(28)32(33)34)19-13-15-25-23-9-2-1-7-21(23)22-8-3-4-10-24(22)27(25)17-19/h1-18H. The fraction of sp³-hybridized carbons (Fsp3) is 0. The van der Waals surface area contributed by atoms with Gasteiger partial charge < -0.3 is 0 Å². The molecule has 0 aromatic heterocycles. The van der Waals surface area contributed by atoms with E-state index < -0.39 is 0 Å². The Kier molecular flexibility index (Phi) is 4.89. The maximum Gasteiger partial charge on any atom is 0.277 e. The summed E-state index contributed by atoms with van der Waals surface area (Å²) >= 11 is 3.56. The lowest BCUT2D eigenvalue weighted by Crippen LogP contribution is -1.93. The molecule has 6 aromatic carbocycles. The molecule has 0 amide bonds. The normalized spacial score (nSPS) is 11.3. The Morgan fingerprint density at radius 2 is 1.03 bits per heavy atom. The van der Waals surface area contributed by atoms with Crippen molar-refractivity contribution in [1.82, 2.24) is 0 Å². The summed E-state index contributed by atoms with van der Waals surface area (Å²) in [5.41, 5.74) is 3.45. The molecule has 0 aliphatic carbocycles. The number of rotatable bonds is 3. The lowest BCUT2D eigenvalue weighted by molar-refractivity contribution is -0.384. The molecule has 0 heterocycles. The molecule has 0 atom stereocenters. The molecular weight excluding hydrogens is 486 g/mol. The van der Waals surface area contributed by atoms with Gasteiger partial charge in [-0.15, -0.1) is 0 Å². The number of hydrogen-bond donors (Lipinski definition) is 0. The van der Waals surface area contributed by atoms with Crippen LogP contribution in [0.1, 0.15) is 0 Å². The average Bonchev–Trinajstić information content (AvgIpc) is 2.88. The summed E-state index contributed by atoms with van der Waals surface area (Å²) in [4.78, 5) is 11.5. The number of nitrogens with zero attached hydrogens (tertiary/aromatic N) is 1. The molecule has 0 bridgehead atoms. The lowest BCUT2D eigenvalue weighted by atomic mass is 9.91. The van der Waals surface area contributed by atoms with Gasteiger partial charge in [0.2, 0.25) is 0 Å². The van der Waals surface area contributed by atoms with Crippen molar-refractivity contribution in [2.45, 2.75) is 0 Å². The summed E-state index contributed by atoms with van der Waals surface area (Å²) in [6.45, 7) is 0. The maximum atomic E-state index is 11.8. The third kappa shape index (κ3) is 3.27. The zero-order valence-electron chi connectivity index (χ0n) is 18.0. The van der Waals surface area contributed by atoms with E-state index in [2.05, 4.69) is 82.7 Å². The van der Waals surface area contributed by atoms with Crippen molar-refractivity contribution < 1.29 is 4.92 Å². The van der Waals surface area contributed by atoms with E-state index in [9.17, 15) is 10.1 Å². The van der Waals surface area contributed by atoms with E-state index in [1.807, 2.05) is 36.4 Å². The third-order valence-corrected chi connectivity index (χ3v) is 7.13. The molecule has 0 radical (unpaired) electrons. The molecule has 6 rings (SSSR count). The Morgan fingerprint density at radius 1 is 0.529 bits per heavy atom. The van der Waals surface area contributed by atoms with Gasteiger partial charge in [-0.25, -0.2) is 0 Å². The maximum absolute atomic E-state index is 11.8. The highest BCUT2D eigenvalue weighted by Crippen LogP contribution is 2.40. The van der Waals surface area contributed by atoms with Crippen LogP contribution >= 0.6 is 15.9 Å². The predicted molar refractivity (Wildman–Crippen MR) is 144 cm³/mol. The molecule has 4 heteroatoms.